The van der Waals surface area contributed by atoms with Gasteiger partial charge in [0.25, 0.3) is 10.0 Å². The molecule has 1 aliphatic rings. The maximum Gasteiger partial charge on any atom is 0.263 e. The first-order valence-corrected chi connectivity index (χ1v) is 12.4. The van der Waals surface area contributed by atoms with Crippen molar-refractivity contribution in [3.8, 4) is 0 Å². The molecule has 0 spiro atoms. The SMILES string of the molecule is C[C@@H]1CN(Cc2ccccc2)C[C@H]1Nc1ccc(S(=O)(=O)Nc2nccs2)cc1Cl. The fraction of sp³-hybridized carbons (Fsp3) is 0.286. The van der Waals surface area contributed by atoms with Crippen LogP contribution in [0.1, 0.15) is 12.5 Å². The molecule has 9 heteroatoms. The van der Waals surface area contributed by atoms with Crippen molar-refractivity contribution < 1.29 is 8.42 Å². The van der Waals surface area contributed by atoms with Gasteiger partial charge < -0.3 is 5.32 Å². The second-order valence-electron chi connectivity index (χ2n) is 7.49. The first-order valence-electron chi connectivity index (χ1n) is 9.65. The van der Waals surface area contributed by atoms with Crippen molar-refractivity contribution in [1.29, 1.82) is 0 Å². The van der Waals surface area contributed by atoms with Crippen LogP contribution in [0.4, 0.5) is 10.8 Å². The molecular formula is C21H23ClN4O2S2. The van der Waals surface area contributed by atoms with Gasteiger partial charge in [-0.3, -0.25) is 9.62 Å². The standard InChI is InChI=1S/C21H23ClN4O2S2/c1-15-12-26(13-16-5-3-2-4-6-16)14-20(15)24-19-8-7-17(11-18(19)22)30(27,28)25-21-23-9-10-29-21/h2-11,15,20,24H,12-14H2,1H3,(H,23,25)/t15-,20-/m1/s1. The molecule has 0 bridgehead atoms. The number of benzene rings is 2. The second-order valence-corrected chi connectivity index (χ2v) is 10.5. The third-order valence-electron chi connectivity index (χ3n) is 5.18. The molecule has 0 unspecified atom stereocenters. The highest BCUT2D eigenvalue weighted by molar-refractivity contribution is 7.93. The van der Waals surface area contributed by atoms with Crippen LogP contribution in [0.5, 0.6) is 0 Å². The summed E-state index contributed by atoms with van der Waals surface area (Å²) in [6, 6.07) is 15.4. The highest BCUT2D eigenvalue weighted by Crippen LogP contribution is 2.30. The van der Waals surface area contributed by atoms with Gasteiger partial charge in [-0.15, -0.1) is 11.3 Å². The molecule has 0 radical (unpaired) electrons. The first kappa shape index (κ1) is 21.1. The summed E-state index contributed by atoms with van der Waals surface area (Å²) in [5, 5.41) is 5.92. The summed E-state index contributed by atoms with van der Waals surface area (Å²) < 4.78 is 27.6. The predicted molar refractivity (Wildman–Crippen MR) is 123 cm³/mol. The molecule has 2 aromatic carbocycles. The third kappa shape index (κ3) is 4.95. The second kappa shape index (κ2) is 8.93. The van der Waals surface area contributed by atoms with E-state index in [1.807, 2.05) is 6.07 Å². The molecule has 1 aliphatic heterocycles. The minimum Gasteiger partial charge on any atom is -0.379 e. The predicted octanol–water partition coefficient (Wildman–Crippen LogP) is 4.53. The number of thiazole rings is 1. The van der Waals surface area contributed by atoms with E-state index in [-0.39, 0.29) is 10.9 Å². The van der Waals surface area contributed by atoms with E-state index in [0.29, 0.717) is 16.1 Å². The Balaban J connectivity index is 1.42. The van der Waals surface area contributed by atoms with Gasteiger partial charge in [0.2, 0.25) is 0 Å². The van der Waals surface area contributed by atoms with Gasteiger partial charge in [-0.25, -0.2) is 13.4 Å². The Bertz CT molecular complexity index is 1090. The van der Waals surface area contributed by atoms with Gasteiger partial charge >= 0.3 is 0 Å². The molecular weight excluding hydrogens is 440 g/mol. The Morgan fingerprint density at radius 3 is 2.70 bits per heavy atom. The minimum atomic E-state index is -3.73. The van der Waals surface area contributed by atoms with E-state index >= 15 is 0 Å². The van der Waals surface area contributed by atoms with Crippen molar-refractivity contribution >= 4 is 43.8 Å². The fourth-order valence-corrected chi connectivity index (χ4v) is 5.77. The summed E-state index contributed by atoms with van der Waals surface area (Å²) in [5.41, 5.74) is 2.04. The number of rotatable bonds is 7. The number of nitrogens with one attached hydrogen (secondary N) is 2. The monoisotopic (exact) mass is 462 g/mol. The van der Waals surface area contributed by atoms with Gasteiger partial charge in [0, 0.05) is 37.3 Å². The number of aromatic nitrogens is 1. The van der Waals surface area contributed by atoms with E-state index in [2.05, 4.69) is 51.1 Å². The summed E-state index contributed by atoms with van der Waals surface area (Å²) in [7, 11) is -3.73. The van der Waals surface area contributed by atoms with Gasteiger partial charge in [0.15, 0.2) is 5.13 Å². The number of nitrogens with zero attached hydrogens (tertiary/aromatic N) is 2. The van der Waals surface area contributed by atoms with E-state index in [4.69, 9.17) is 11.6 Å². The molecule has 4 rings (SSSR count). The zero-order valence-electron chi connectivity index (χ0n) is 16.5. The zero-order valence-corrected chi connectivity index (χ0v) is 18.8. The van der Waals surface area contributed by atoms with Crippen LogP contribution < -0.4 is 10.0 Å². The van der Waals surface area contributed by atoms with Crippen LogP contribution in [0, 0.1) is 5.92 Å². The lowest BCUT2D eigenvalue weighted by atomic mass is 10.1. The van der Waals surface area contributed by atoms with E-state index in [0.717, 1.165) is 25.3 Å². The molecule has 1 fully saturated rings. The number of anilines is 2. The molecule has 0 aliphatic carbocycles. The van der Waals surface area contributed by atoms with Crippen molar-refractivity contribution in [2.45, 2.75) is 24.4 Å². The largest absolute Gasteiger partial charge is 0.379 e. The van der Waals surface area contributed by atoms with Crippen molar-refractivity contribution in [2.75, 3.05) is 23.1 Å². The number of halogens is 1. The Labute approximate surface area is 186 Å². The van der Waals surface area contributed by atoms with Crippen LogP contribution >= 0.6 is 22.9 Å². The summed E-state index contributed by atoms with van der Waals surface area (Å²) in [6.07, 6.45) is 1.55. The van der Waals surface area contributed by atoms with Crippen LogP contribution in [0.25, 0.3) is 0 Å². The van der Waals surface area contributed by atoms with Gasteiger partial charge in [-0.1, -0.05) is 48.9 Å². The molecule has 3 aromatic rings. The third-order valence-corrected chi connectivity index (χ3v) is 7.65. The van der Waals surface area contributed by atoms with Crippen LogP contribution in [0.15, 0.2) is 65.0 Å². The van der Waals surface area contributed by atoms with Crippen LogP contribution in [-0.2, 0) is 16.6 Å². The molecule has 0 amide bonds. The van der Waals surface area contributed by atoms with Crippen LogP contribution in [0.3, 0.4) is 0 Å². The highest BCUT2D eigenvalue weighted by Gasteiger charge is 2.30. The molecule has 2 N–H and O–H groups in total. The van der Waals surface area contributed by atoms with Gasteiger partial charge in [-0.05, 0) is 29.7 Å². The maximum absolute atomic E-state index is 12.5. The molecule has 158 valence electrons. The average Bonchev–Trinajstić information content (AvgIpc) is 3.33. The molecule has 2 atom stereocenters. The highest BCUT2D eigenvalue weighted by atomic mass is 35.5. The van der Waals surface area contributed by atoms with E-state index in [1.165, 1.54) is 23.0 Å². The molecule has 1 aromatic heterocycles. The van der Waals surface area contributed by atoms with Gasteiger partial charge in [-0.2, -0.15) is 0 Å². The van der Waals surface area contributed by atoms with Crippen molar-refractivity contribution in [2.24, 2.45) is 5.92 Å². The number of hydrogen-bond acceptors (Lipinski definition) is 6. The normalized spacial score (nSPS) is 19.7. The number of sulfonamides is 1. The lowest BCUT2D eigenvalue weighted by Crippen LogP contribution is -2.28. The Morgan fingerprint density at radius 1 is 1.20 bits per heavy atom. The van der Waals surface area contributed by atoms with Crippen molar-refractivity contribution in [3.63, 3.8) is 0 Å². The van der Waals surface area contributed by atoms with Crippen LogP contribution in [0.2, 0.25) is 5.02 Å². The fourth-order valence-electron chi connectivity index (χ4n) is 3.65. The molecule has 2 heterocycles. The van der Waals surface area contributed by atoms with Crippen molar-refractivity contribution in [3.05, 3.63) is 70.7 Å². The van der Waals surface area contributed by atoms with Crippen molar-refractivity contribution in [1.82, 2.24) is 9.88 Å². The molecule has 30 heavy (non-hydrogen) atoms. The first-order chi connectivity index (χ1) is 14.4. The zero-order chi connectivity index (χ0) is 21.1. The summed E-state index contributed by atoms with van der Waals surface area (Å²) in [6.45, 7) is 5.02. The van der Waals surface area contributed by atoms with E-state index in [9.17, 15) is 8.42 Å². The summed E-state index contributed by atoms with van der Waals surface area (Å²) in [4.78, 5) is 6.49. The average molecular weight is 463 g/mol. The molecule has 6 nitrogen and oxygen atoms in total. The molecule has 1 saturated heterocycles. The Morgan fingerprint density at radius 2 is 2.00 bits per heavy atom. The topological polar surface area (TPSA) is 74.3 Å². The lowest BCUT2D eigenvalue weighted by Gasteiger charge is -2.20. The van der Waals surface area contributed by atoms with Gasteiger partial charge in [0.1, 0.15) is 0 Å². The Hall–Kier alpha value is -2.13. The lowest BCUT2D eigenvalue weighted by molar-refractivity contribution is 0.319. The smallest absolute Gasteiger partial charge is 0.263 e. The van der Waals surface area contributed by atoms with Gasteiger partial charge in [0.05, 0.1) is 15.6 Å². The quantitative estimate of drug-likeness (QED) is 0.539. The molecule has 0 saturated carbocycles. The summed E-state index contributed by atoms with van der Waals surface area (Å²) in [5.74, 6) is 0.444. The number of likely N-dealkylation sites (tertiary alicyclic amines) is 1. The van der Waals surface area contributed by atoms with E-state index in [1.54, 1.807) is 23.7 Å². The summed E-state index contributed by atoms with van der Waals surface area (Å²) >= 11 is 7.65. The maximum atomic E-state index is 12.5. The van der Waals surface area contributed by atoms with E-state index < -0.39 is 10.0 Å². The Kier molecular flexibility index (Phi) is 6.29. The number of hydrogen-bond donors (Lipinski definition) is 2. The minimum absolute atomic E-state index is 0.110. The van der Waals surface area contributed by atoms with Crippen LogP contribution in [-0.4, -0.2) is 37.4 Å².